The number of nitriles is 1. The third kappa shape index (κ3) is 3.24. The molecule has 0 amide bonds. The summed E-state index contributed by atoms with van der Waals surface area (Å²) in [5.41, 5.74) is 5.13. The molecule has 1 aliphatic heterocycles. The van der Waals surface area contributed by atoms with E-state index in [1.54, 1.807) is 6.07 Å². The molecule has 0 spiro atoms. The molecule has 28 heavy (non-hydrogen) atoms. The molecule has 1 aliphatic rings. The number of rotatable bonds is 4. The van der Waals surface area contributed by atoms with Crippen molar-refractivity contribution in [3.05, 3.63) is 114 Å². The Balaban J connectivity index is 1.93. The summed E-state index contributed by atoms with van der Waals surface area (Å²) in [6.45, 7) is 0. The first-order chi connectivity index (χ1) is 13.8. The zero-order chi connectivity index (χ0) is 19.3. The Kier molecular flexibility index (Phi) is 4.86. The molecule has 1 heterocycles. The number of anilines is 1. The van der Waals surface area contributed by atoms with Crippen LogP contribution in [0.2, 0.25) is 0 Å². The van der Waals surface area contributed by atoms with E-state index in [1.165, 1.54) is 0 Å². The maximum Gasteiger partial charge on any atom is 0.147 e. The Morgan fingerprint density at radius 1 is 0.857 bits per heavy atom. The van der Waals surface area contributed by atoms with Crippen LogP contribution in [0.3, 0.4) is 0 Å². The first-order valence-electron chi connectivity index (χ1n) is 9.09. The van der Waals surface area contributed by atoms with E-state index in [2.05, 4.69) is 6.07 Å². The molecule has 0 radical (unpaired) electrons. The first kappa shape index (κ1) is 17.5. The monoisotopic (exact) mass is 362 g/mol. The minimum atomic E-state index is -0.510. The van der Waals surface area contributed by atoms with Crippen LogP contribution in [0.15, 0.2) is 97.2 Å². The van der Waals surface area contributed by atoms with E-state index in [-0.39, 0.29) is 0 Å². The van der Waals surface area contributed by atoms with Crippen LogP contribution in [0.5, 0.6) is 0 Å². The van der Waals surface area contributed by atoms with Crippen LogP contribution in [0.1, 0.15) is 16.7 Å². The van der Waals surface area contributed by atoms with E-state index in [4.69, 9.17) is 0 Å². The number of hydrogen-bond donors (Lipinski definition) is 0. The average molecular weight is 362 g/mol. The molecule has 3 aromatic carbocycles. The third-order valence-electron chi connectivity index (χ3n) is 4.86. The predicted molar refractivity (Wildman–Crippen MR) is 112 cm³/mol. The summed E-state index contributed by atoms with van der Waals surface area (Å²) in [6.07, 6.45) is 4.96. The van der Waals surface area contributed by atoms with Gasteiger partial charge in [-0.2, -0.15) is 5.26 Å². The lowest BCUT2D eigenvalue weighted by Crippen LogP contribution is -2.35. The van der Waals surface area contributed by atoms with Gasteiger partial charge in [-0.15, -0.1) is 0 Å². The zero-order valence-corrected chi connectivity index (χ0v) is 15.2. The van der Waals surface area contributed by atoms with Gasteiger partial charge in [0, 0.05) is 11.9 Å². The standard InChI is InChI=1S/C25H18N2O/c26-16-20-11-7-8-14-23(20)24-15-21(19-9-3-1-4-10-19)17-27(25(24)18-28)22-12-5-2-6-13-22/h1-15,17-18,25H. The van der Waals surface area contributed by atoms with Crippen LogP contribution in [0.25, 0.3) is 11.1 Å². The summed E-state index contributed by atoms with van der Waals surface area (Å²) >= 11 is 0. The van der Waals surface area contributed by atoms with Gasteiger partial charge < -0.3 is 9.69 Å². The summed E-state index contributed by atoms with van der Waals surface area (Å²) in [4.78, 5) is 14.1. The predicted octanol–water partition coefficient (Wildman–Crippen LogP) is 5.07. The average Bonchev–Trinajstić information content (AvgIpc) is 2.79. The number of para-hydroxylation sites is 1. The Hall–Kier alpha value is -3.90. The van der Waals surface area contributed by atoms with Gasteiger partial charge in [-0.05, 0) is 46.5 Å². The maximum atomic E-state index is 12.2. The van der Waals surface area contributed by atoms with E-state index in [9.17, 15) is 10.1 Å². The minimum Gasteiger partial charge on any atom is -0.333 e. The summed E-state index contributed by atoms with van der Waals surface area (Å²) in [5, 5.41) is 9.58. The molecule has 3 nitrogen and oxygen atoms in total. The molecule has 0 aromatic heterocycles. The molecule has 0 fully saturated rings. The number of benzene rings is 3. The number of aldehydes is 1. The SMILES string of the molecule is N#Cc1ccccc1C1=CC(c2ccccc2)=CN(c2ccccc2)C1C=O. The van der Waals surface area contributed by atoms with E-state index in [0.717, 1.165) is 34.2 Å². The van der Waals surface area contributed by atoms with E-state index >= 15 is 0 Å². The molecule has 0 aliphatic carbocycles. The van der Waals surface area contributed by atoms with Crippen molar-refractivity contribution in [2.75, 3.05) is 4.90 Å². The van der Waals surface area contributed by atoms with Crippen molar-refractivity contribution in [2.24, 2.45) is 0 Å². The zero-order valence-electron chi connectivity index (χ0n) is 15.2. The van der Waals surface area contributed by atoms with Crippen molar-refractivity contribution in [1.82, 2.24) is 0 Å². The molecular formula is C25H18N2O. The smallest absolute Gasteiger partial charge is 0.147 e. The maximum absolute atomic E-state index is 12.2. The van der Waals surface area contributed by atoms with Crippen LogP contribution in [-0.2, 0) is 4.79 Å². The summed E-state index contributed by atoms with van der Waals surface area (Å²) in [6, 6.07) is 29.0. The molecule has 1 unspecified atom stereocenters. The molecule has 0 saturated heterocycles. The second-order valence-electron chi connectivity index (χ2n) is 6.53. The summed E-state index contributed by atoms with van der Waals surface area (Å²) in [7, 11) is 0. The Morgan fingerprint density at radius 2 is 1.50 bits per heavy atom. The number of allylic oxidation sites excluding steroid dienone is 2. The molecule has 3 heteroatoms. The van der Waals surface area contributed by atoms with Crippen molar-refractivity contribution in [3.8, 4) is 6.07 Å². The van der Waals surface area contributed by atoms with Crippen molar-refractivity contribution in [3.63, 3.8) is 0 Å². The van der Waals surface area contributed by atoms with Crippen molar-refractivity contribution >= 4 is 23.1 Å². The fraction of sp³-hybridized carbons (Fsp3) is 0.0400. The molecular weight excluding hydrogens is 344 g/mol. The number of hydrogen-bond acceptors (Lipinski definition) is 3. The summed E-state index contributed by atoms with van der Waals surface area (Å²) in [5.74, 6) is 0. The van der Waals surface area contributed by atoms with E-state index < -0.39 is 6.04 Å². The summed E-state index contributed by atoms with van der Waals surface area (Å²) < 4.78 is 0. The fourth-order valence-corrected chi connectivity index (χ4v) is 3.50. The molecule has 0 saturated carbocycles. The highest BCUT2D eigenvalue weighted by Gasteiger charge is 2.28. The second kappa shape index (κ2) is 7.77. The van der Waals surface area contributed by atoms with Gasteiger partial charge in [0.15, 0.2) is 0 Å². The minimum absolute atomic E-state index is 0.510. The van der Waals surface area contributed by atoms with Crippen molar-refractivity contribution < 1.29 is 4.79 Å². The van der Waals surface area contributed by atoms with Crippen molar-refractivity contribution in [1.29, 1.82) is 5.26 Å². The Labute approximate surface area is 164 Å². The topological polar surface area (TPSA) is 44.1 Å². The number of carbonyl (C=O) groups is 1. The largest absolute Gasteiger partial charge is 0.333 e. The quantitative estimate of drug-likeness (QED) is 0.609. The van der Waals surface area contributed by atoms with Crippen LogP contribution < -0.4 is 4.90 Å². The van der Waals surface area contributed by atoms with Gasteiger partial charge >= 0.3 is 0 Å². The van der Waals surface area contributed by atoms with E-state index in [0.29, 0.717) is 5.56 Å². The van der Waals surface area contributed by atoms with Gasteiger partial charge in [-0.3, -0.25) is 0 Å². The Bertz CT molecular complexity index is 1090. The first-order valence-corrected chi connectivity index (χ1v) is 9.09. The molecule has 4 rings (SSSR count). The molecule has 134 valence electrons. The normalized spacial score (nSPS) is 16.0. The highest BCUT2D eigenvalue weighted by Crippen LogP contribution is 2.36. The van der Waals surface area contributed by atoms with Gasteiger partial charge in [-0.25, -0.2) is 0 Å². The van der Waals surface area contributed by atoms with Gasteiger partial charge in [0.1, 0.15) is 12.3 Å². The lowest BCUT2D eigenvalue weighted by Gasteiger charge is -2.33. The van der Waals surface area contributed by atoms with Crippen LogP contribution in [0.4, 0.5) is 5.69 Å². The highest BCUT2D eigenvalue weighted by atomic mass is 16.1. The van der Waals surface area contributed by atoms with Gasteiger partial charge in [0.25, 0.3) is 0 Å². The lowest BCUT2D eigenvalue weighted by molar-refractivity contribution is -0.107. The van der Waals surface area contributed by atoms with Crippen LogP contribution in [-0.4, -0.2) is 12.3 Å². The molecule has 0 bridgehead atoms. The second-order valence-corrected chi connectivity index (χ2v) is 6.53. The van der Waals surface area contributed by atoms with Crippen LogP contribution >= 0.6 is 0 Å². The van der Waals surface area contributed by atoms with E-state index in [1.807, 2.05) is 96.0 Å². The third-order valence-corrected chi connectivity index (χ3v) is 4.86. The van der Waals surface area contributed by atoms with Crippen molar-refractivity contribution in [2.45, 2.75) is 6.04 Å². The van der Waals surface area contributed by atoms with Gasteiger partial charge in [0.2, 0.25) is 0 Å². The van der Waals surface area contributed by atoms with Gasteiger partial charge in [-0.1, -0.05) is 66.7 Å². The number of nitrogens with zero attached hydrogens (tertiary/aromatic N) is 2. The Morgan fingerprint density at radius 3 is 2.18 bits per heavy atom. The fourth-order valence-electron chi connectivity index (χ4n) is 3.50. The molecule has 1 atom stereocenters. The number of carbonyl (C=O) groups excluding carboxylic acids is 1. The molecule has 3 aromatic rings. The molecule has 0 N–H and O–H groups in total. The van der Waals surface area contributed by atoms with Crippen LogP contribution in [0, 0.1) is 11.3 Å². The van der Waals surface area contributed by atoms with Gasteiger partial charge in [0.05, 0.1) is 11.6 Å². The lowest BCUT2D eigenvalue weighted by atomic mass is 9.88. The highest BCUT2D eigenvalue weighted by molar-refractivity contribution is 5.99.